The van der Waals surface area contributed by atoms with Crippen LogP contribution in [0.1, 0.15) is 29.3 Å². The van der Waals surface area contributed by atoms with E-state index in [1.807, 2.05) is 12.1 Å². The van der Waals surface area contributed by atoms with E-state index in [0.29, 0.717) is 24.4 Å². The number of hydrogen-bond donors (Lipinski definition) is 1. The number of carbonyl (C=O) groups excluding carboxylic acids is 2. The summed E-state index contributed by atoms with van der Waals surface area (Å²) in [5.74, 6) is 0.315. The van der Waals surface area contributed by atoms with E-state index in [4.69, 9.17) is 11.6 Å². The number of alkyl halides is 1. The standard InChI is InChI=1S/C12H14ClNO2/c1-9(15)14-8-10-2-4-11(5-3-10)12(16)6-7-13/h2-5H,6-8H2,1H3,(H,14,15). The summed E-state index contributed by atoms with van der Waals surface area (Å²) < 4.78 is 0. The number of halogens is 1. The number of hydrogen-bond acceptors (Lipinski definition) is 2. The molecule has 86 valence electrons. The van der Waals surface area contributed by atoms with Gasteiger partial charge in [0.2, 0.25) is 5.91 Å². The third kappa shape index (κ3) is 4.03. The van der Waals surface area contributed by atoms with Crippen LogP contribution in [0.25, 0.3) is 0 Å². The Morgan fingerprint density at radius 3 is 2.38 bits per heavy atom. The molecule has 0 atom stereocenters. The van der Waals surface area contributed by atoms with Crippen molar-refractivity contribution in [1.82, 2.24) is 5.32 Å². The minimum Gasteiger partial charge on any atom is -0.352 e. The van der Waals surface area contributed by atoms with Crippen molar-refractivity contribution in [1.29, 1.82) is 0 Å². The Morgan fingerprint density at radius 2 is 1.88 bits per heavy atom. The Labute approximate surface area is 99.8 Å². The molecule has 0 aromatic heterocycles. The normalized spacial score (nSPS) is 9.88. The molecule has 3 nitrogen and oxygen atoms in total. The molecule has 0 saturated heterocycles. The van der Waals surface area contributed by atoms with Crippen LogP contribution < -0.4 is 5.32 Å². The fourth-order valence-electron chi connectivity index (χ4n) is 1.27. The SMILES string of the molecule is CC(=O)NCc1ccc(C(=O)CCCl)cc1. The Kier molecular flexibility index (Phi) is 4.99. The first-order valence-electron chi connectivity index (χ1n) is 5.06. The molecule has 0 aliphatic rings. The van der Waals surface area contributed by atoms with Gasteiger partial charge in [-0.2, -0.15) is 0 Å². The summed E-state index contributed by atoms with van der Waals surface area (Å²) in [6, 6.07) is 7.17. The lowest BCUT2D eigenvalue weighted by Crippen LogP contribution is -2.18. The van der Waals surface area contributed by atoms with Crippen LogP contribution in [-0.4, -0.2) is 17.6 Å². The van der Waals surface area contributed by atoms with E-state index in [1.54, 1.807) is 12.1 Å². The van der Waals surface area contributed by atoms with Crippen LogP contribution in [0.2, 0.25) is 0 Å². The zero-order valence-electron chi connectivity index (χ0n) is 9.13. The van der Waals surface area contributed by atoms with Gasteiger partial charge in [0.15, 0.2) is 5.78 Å². The van der Waals surface area contributed by atoms with Crippen LogP contribution in [0.4, 0.5) is 0 Å². The Morgan fingerprint density at radius 1 is 1.25 bits per heavy atom. The summed E-state index contributed by atoms with van der Waals surface area (Å²) in [6.45, 7) is 1.96. The molecule has 1 aromatic carbocycles. The molecule has 1 aromatic rings. The lowest BCUT2D eigenvalue weighted by atomic mass is 10.1. The molecule has 0 heterocycles. The molecule has 0 unspecified atom stereocenters. The van der Waals surface area contributed by atoms with Gasteiger partial charge in [0.25, 0.3) is 0 Å². The third-order valence-electron chi connectivity index (χ3n) is 2.14. The van der Waals surface area contributed by atoms with Crippen LogP contribution in [-0.2, 0) is 11.3 Å². The van der Waals surface area contributed by atoms with Gasteiger partial charge in [0, 0.05) is 31.3 Å². The van der Waals surface area contributed by atoms with Crippen LogP contribution in [0.15, 0.2) is 24.3 Å². The largest absolute Gasteiger partial charge is 0.352 e. The van der Waals surface area contributed by atoms with Gasteiger partial charge >= 0.3 is 0 Å². The Balaban J connectivity index is 2.60. The first-order chi connectivity index (χ1) is 7.63. The van der Waals surface area contributed by atoms with Crippen molar-refractivity contribution in [2.45, 2.75) is 19.9 Å². The van der Waals surface area contributed by atoms with Crippen molar-refractivity contribution in [3.05, 3.63) is 35.4 Å². The topological polar surface area (TPSA) is 46.2 Å². The second-order valence-corrected chi connectivity index (χ2v) is 3.85. The van der Waals surface area contributed by atoms with E-state index in [0.717, 1.165) is 5.56 Å². The molecule has 0 aliphatic heterocycles. The van der Waals surface area contributed by atoms with Gasteiger partial charge in [0.1, 0.15) is 0 Å². The Hall–Kier alpha value is -1.35. The molecule has 0 fully saturated rings. The van der Waals surface area contributed by atoms with Crippen molar-refractivity contribution in [2.24, 2.45) is 0 Å². The smallest absolute Gasteiger partial charge is 0.217 e. The van der Waals surface area contributed by atoms with Gasteiger partial charge in [-0.3, -0.25) is 9.59 Å². The number of Topliss-reactive ketones (excluding diaryl/α,β-unsaturated/α-hetero) is 1. The van der Waals surface area contributed by atoms with Gasteiger partial charge in [-0.25, -0.2) is 0 Å². The van der Waals surface area contributed by atoms with Crippen molar-refractivity contribution >= 4 is 23.3 Å². The van der Waals surface area contributed by atoms with E-state index in [2.05, 4.69) is 5.32 Å². The maximum Gasteiger partial charge on any atom is 0.217 e. The van der Waals surface area contributed by atoms with Crippen molar-refractivity contribution in [3.63, 3.8) is 0 Å². The molecule has 1 N–H and O–H groups in total. The zero-order valence-corrected chi connectivity index (χ0v) is 9.88. The summed E-state index contributed by atoms with van der Waals surface area (Å²) in [5, 5.41) is 2.69. The highest BCUT2D eigenvalue weighted by molar-refractivity contribution is 6.19. The summed E-state index contributed by atoms with van der Waals surface area (Å²) >= 11 is 5.49. The summed E-state index contributed by atoms with van der Waals surface area (Å²) in [7, 11) is 0. The number of ketones is 1. The van der Waals surface area contributed by atoms with Gasteiger partial charge in [-0.05, 0) is 5.56 Å². The number of nitrogens with one attached hydrogen (secondary N) is 1. The van der Waals surface area contributed by atoms with Crippen molar-refractivity contribution in [2.75, 3.05) is 5.88 Å². The monoisotopic (exact) mass is 239 g/mol. The van der Waals surface area contributed by atoms with Gasteiger partial charge in [-0.15, -0.1) is 11.6 Å². The molecule has 1 rings (SSSR count). The quantitative estimate of drug-likeness (QED) is 0.632. The fraction of sp³-hybridized carbons (Fsp3) is 0.333. The second kappa shape index (κ2) is 6.28. The lowest BCUT2D eigenvalue weighted by Gasteiger charge is -2.03. The van der Waals surface area contributed by atoms with E-state index in [9.17, 15) is 9.59 Å². The average molecular weight is 240 g/mol. The third-order valence-corrected chi connectivity index (χ3v) is 2.33. The average Bonchev–Trinajstić information content (AvgIpc) is 2.27. The van der Waals surface area contributed by atoms with Crippen LogP contribution >= 0.6 is 11.6 Å². The first-order valence-corrected chi connectivity index (χ1v) is 5.59. The molecule has 0 saturated carbocycles. The minimum atomic E-state index is -0.0673. The number of benzene rings is 1. The summed E-state index contributed by atoms with van der Waals surface area (Å²) in [4.78, 5) is 22.2. The second-order valence-electron chi connectivity index (χ2n) is 3.47. The van der Waals surface area contributed by atoms with Crippen LogP contribution in [0.5, 0.6) is 0 Å². The molecule has 0 spiro atoms. The maximum atomic E-state index is 11.5. The van der Waals surface area contributed by atoms with E-state index < -0.39 is 0 Å². The molecule has 0 aliphatic carbocycles. The van der Waals surface area contributed by atoms with Gasteiger partial charge in [0.05, 0.1) is 0 Å². The zero-order chi connectivity index (χ0) is 12.0. The van der Waals surface area contributed by atoms with E-state index >= 15 is 0 Å². The number of carbonyl (C=O) groups is 2. The predicted molar refractivity (Wildman–Crippen MR) is 63.6 cm³/mol. The molecular formula is C12H14ClNO2. The molecule has 16 heavy (non-hydrogen) atoms. The highest BCUT2D eigenvalue weighted by Crippen LogP contribution is 2.07. The predicted octanol–water partition coefficient (Wildman–Crippen LogP) is 2.13. The van der Waals surface area contributed by atoms with Gasteiger partial charge < -0.3 is 5.32 Å². The van der Waals surface area contributed by atoms with E-state index in [1.165, 1.54) is 6.92 Å². The van der Waals surface area contributed by atoms with Crippen molar-refractivity contribution < 1.29 is 9.59 Å². The molecule has 0 bridgehead atoms. The van der Waals surface area contributed by atoms with Crippen LogP contribution in [0.3, 0.4) is 0 Å². The molecular weight excluding hydrogens is 226 g/mol. The molecule has 4 heteroatoms. The minimum absolute atomic E-state index is 0.0427. The van der Waals surface area contributed by atoms with Crippen LogP contribution in [0, 0.1) is 0 Å². The van der Waals surface area contributed by atoms with Crippen molar-refractivity contribution in [3.8, 4) is 0 Å². The number of rotatable bonds is 5. The molecule has 1 amide bonds. The fourth-order valence-corrected chi connectivity index (χ4v) is 1.44. The highest BCUT2D eigenvalue weighted by atomic mass is 35.5. The lowest BCUT2D eigenvalue weighted by molar-refractivity contribution is -0.119. The van der Waals surface area contributed by atoms with E-state index in [-0.39, 0.29) is 11.7 Å². The van der Waals surface area contributed by atoms with Gasteiger partial charge in [-0.1, -0.05) is 24.3 Å². The Bertz CT molecular complexity index is 373. The highest BCUT2D eigenvalue weighted by Gasteiger charge is 2.04. The number of amides is 1. The summed E-state index contributed by atoms with van der Waals surface area (Å²) in [5.41, 5.74) is 1.63. The summed E-state index contributed by atoms with van der Waals surface area (Å²) in [6.07, 6.45) is 0.354. The molecule has 0 radical (unpaired) electrons. The first kappa shape index (κ1) is 12.7. The maximum absolute atomic E-state index is 11.5.